The zero-order chi connectivity index (χ0) is 15.1. The van der Waals surface area contributed by atoms with Crippen LogP contribution in [0.2, 0.25) is 0 Å². The Labute approximate surface area is 129 Å². The highest BCUT2D eigenvalue weighted by Crippen LogP contribution is 2.43. The average Bonchev–Trinajstić information content (AvgIpc) is 2.45. The second-order valence-electron chi connectivity index (χ2n) is 5.08. The summed E-state index contributed by atoms with van der Waals surface area (Å²) < 4.78 is 11.1. The molecule has 0 saturated heterocycles. The van der Waals surface area contributed by atoms with Crippen molar-refractivity contribution in [1.29, 1.82) is 0 Å². The molecule has 0 amide bonds. The van der Waals surface area contributed by atoms with Gasteiger partial charge in [-0.25, -0.2) is 0 Å². The van der Waals surface area contributed by atoms with Crippen molar-refractivity contribution in [2.45, 2.75) is 40.5 Å². The van der Waals surface area contributed by atoms with E-state index in [0.717, 1.165) is 26.4 Å². The van der Waals surface area contributed by atoms with Crippen LogP contribution in [0, 0.1) is 0 Å². The van der Waals surface area contributed by atoms with Gasteiger partial charge in [-0.3, -0.25) is 0 Å². The van der Waals surface area contributed by atoms with Crippen LogP contribution in [-0.2, 0) is 9.47 Å². The van der Waals surface area contributed by atoms with Gasteiger partial charge in [0.2, 0.25) is 0 Å². The third kappa shape index (κ3) is 12.5. The Bertz CT molecular complexity index is 171. The van der Waals surface area contributed by atoms with Crippen LogP contribution in [0.3, 0.4) is 0 Å². The van der Waals surface area contributed by atoms with Crippen LogP contribution in [-0.4, -0.2) is 63.4 Å². The Morgan fingerprint density at radius 2 is 0.950 bits per heavy atom. The van der Waals surface area contributed by atoms with E-state index in [-0.39, 0.29) is 15.8 Å². The van der Waals surface area contributed by atoms with Gasteiger partial charge in [-0.2, -0.15) is 0 Å². The minimum atomic E-state index is 0.216. The van der Waals surface area contributed by atoms with Crippen molar-refractivity contribution in [3.63, 3.8) is 0 Å². The van der Waals surface area contributed by atoms with Crippen molar-refractivity contribution in [3.05, 3.63) is 0 Å². The molecule has 0 heterocycles. The van der Waals surface area contributed by atoms with Gasteiger partial charge in [-0.1, -0.05) is 26.7 Å². The SMILES string of the molecule is CCCP(CCOCC)CCP(CCC)CCOCC. The normalized spacial score (nSPS) is 14.4. The van der Waals surface area contributed by atoms with Gasteiger partial charge in [0.15, 0.2) is 0 Å². The Hall–Kier alpha value is 0.780. The molecule has 0 aromatic carbocycles. The van der Waals surface area contributed by atoms with Crippen molar-refractivity contribution in [2.75, 3.05) is 63.4 Å². The van der Waals surface area contributed by atoms with Gasteiger partial charge in [0.05, 0.1) is 13.2 Å². The summed E-state index contributed by atoms with van der Waals surface area (Å²) >= 11 is 0. The van der Waals surface area contributed by atoms with E-state index >= 15 is 0 Å². The molecule has 2 atom stereocenters. The molecule has 0 saturated carbocycles. The quantitative estimate of drug-likeness (QED) is 0.317. The Kier molecular flexibility index (Phi) is 16.8. The van der Waals surface area contributed by atoms with Gasteiger partial charge < -0.3 is 9.47 Å². The summed E-state index contributed by atoms with van der Waals surface area (Å²) in [4.78, 5) is 0. The highest BCUT2D eigenvalue weighted by molar-refractivity contribution is 7.61. The van der Waals surface area contributed by atoms with E-state index in [1.54, 1.807) is 0 Å². The number of rotatable bonds is 15. The predicted octanol–water partition coefficient (Wildman–Crippen LogP) is 4.84. The van der Waals surface area contributed by atoms with E-state index in [1.807, 2.05) is 0 Å². The van der Waals surface area contributed by atoms with Crippen molar-refractivity contribution in [2.24, 2.45) is 0 Å². The summed E-state index contributed by atoms with van der Waals surface area (Å²) in [7, 11) is 0.432. The van der Waals surface area contributed by atoms with E-state index in [2.05, 4.69) is 27.7 Å². The van der Waals surface area contributed by atoms with Crippen molar-refractivity contribution in [1.82, 2.24) is 0 Å². The first-order valence-corrected chi connectivity index (χ1v) is 12.2. The molecular formula is C16H36O2P2. The smallest absolute Gasteiger partial charge is 0.0505 e. The van der Waals surface area contributed by atoms with Crippen LogP contribution in [0.25, 0.3) is 0 Å². The topological polar surface area (TPSA) is 18.5 Å². The highest BCUT2D eigenvalue weighted by atomic mass is 31.1. The fraction of sp³-hybridized carbons (Fsp3) is 1.00. The summed E-state index contributed by atoms with van der Waals surface area (Å²) in [5.41, 5.74) is 0. The van der Waals surface area contributed by atoms with E-state index in [1.165, 1.54) is 49.8 Å². The molecule has 122 valence electrons. The molecule has 0 bridgehead atoms. The fourth-order valence-electron chi connectivity index (χ4n) is 2.26. The molecule has 0 radical (unpaired) electrons. The largest absolute Gasteiger partial charge is 0.381 e. The Balaban J connectivity index is 3.96. The summed E-state index contributed by atoms with van der Waals surface area (Å²) in [6, 6.07) is 0. The molecule has 2 unspecified atom stereocenters. The van der Waals surface area contributed by atoms with Gasteiger partial charge in [0.25, 0.3) is 0 Å². The van der Waals surface area contributed by atoms with Crippen molar-refractivity contribution < 1.29 is 9.47 Å². The summed E-state index contributed by atoms with van der Waals surface area (Å²) in [5, 5.41) is 0. The zero-order valence-corrected chi connectivity index (χ0v) is 16.0. The molecule has 2 nitrogen and oxygen atoms in total. The molecule has 0 aromatic heterocycles. The van der Waals surface area contributed by atoms with E-state index in [0.29, 0.717) is 0 Å². The molecule has 0 rings (SSSR count). The molecule has 0 aliphatic carbocycles. The van der Waals surface area contributed by atoms with Gasteiger partial charge in [-0.05, 0) is 50.8 Å². The summed E-state index contributed by atoms with van der Waals surface area (Å²) in [6.45, 7) is 12.5. The third-order valence-electron chi connectivity index (χ3n) is 3.32. The van der Waals surface area contributed by atoms with Crippen LogP contribution >= 0.6 is 15.8 Å². The third-order valence-corrected chi connectivity index (χ3v) is 9.18. The molecule has 0 aromatic rings. The van der Waals surface area contributed by atoms with Crippen LogP contribution in [0.5, 0.6) is 0 Å². The maximum absolute atomic E-state index is 5.55. The first-order valence-electron chi connectivity index (χ1n) is 8.38. The van der Waals surface area contributed by atoms with E-state index in [9.17, 15) is 0 Å². The highest BCUT2D eigenvalue weighted by Gasteiger charge is 2.12. The maximum Gasteiger partial charge on any atom is 0.0505 e. The maximum atomic E-state index is 5.55. The van der Waals surface area contributed by atoms with Crippen LogP contribution < -0.4 is 0 Å². The fourth-order valence-corrected chi connectivity index (χ4v) is 7.91. The summed E-state index contributed by atoms with van der Waals surface area (Å²) in [6.07, 6.45) is 11.1. The van der Waals surface area contributed by atoms with Crippen molar-refractivity contribution >= 4 is 15.8 Å². The monoisotopic (exact) mass is 322 g/mol. The van der Waals surface area contributed by atoms with Gasteiger partial charge >= 0.3 is 0 Å². The molecule has 0 fully saturated rings. The van der Waals surface area contributed by atoms with Crippen LogP contribution in [0.15, 0.2) is 0 Å². The molecule has 4 heteroatoms. The zero-order valence-electron chi connectivity index (χ0n) is 14.2. The van der Waals surface area contributed by atoms with Gasteiger partial charge in [0.1, 0.15) is 0 Å². The molecule has 0 aliphatic rings. The average molecular weight is 322 g/mol. The second kappa shape index (κ2) is 16.2. The predicted molar refractivity (Wildman–Crippen MR) is 96.6 cm³/mol. The lowest BCUT2D eigenvalue weighted by Crippen LogP contribution is -2.08. The Morgan fingerprint density at radius 1 is 0.550 bits per heavy atom. The number of ether oxygens (including phenoxy) is 2. The number of hydrogen-bond acceptors (Lipinski definition) is 2. The molecule has 20 heavy (non-hydrogen) atoms. The standard InChI is InChI=1S/C16H36O2P2/c1-5-11-19(13-9-17-7-3)15-16-20(12-6-2)14-10-18-8-4/h5-16H2,1-4H3. The van der Waals surface area contributed by atoms with Gasteiger partial charge in [-0.15, -0.1) is 15.8 Å². The van der Waals surface area contributed by atoms with Crippen LogP contribution in [0.4, 0.5) is 0 Å². The number of hydrogen-bond donors (Lipinski definition) is 0. The first-order chi connectivity index (χ1) is 9.78. The minimum Gasteiger partial charge on any atom is -0.381 e. The van der Waals surface area contributed by atoms with Gasteiger partial charge in [0, 0.05) is 13.2 Å². The van der Waals surface area contributed by atoms with Crippen LogP contribution in [0.1, 0.15) is 40.5 Å². The molecule has 0 spiro atoms. The lowest BCUT2D eigenvalue weighted by atomic mass is 10.6. The lowest BCUT2D eigenvalue weighted by molar-refractivity contribution is 0.163. The Morgan fingerprint density at radius 3 is 1.25 bits per heavy atom. The van der Waals surface area contributed by atoms with E-state index < -0.39 is 0 Å². The first kappa shape index (κ1) is 20.8. The lowest BCUT2D eigenvalue weighted by Gasteiger charge is -2.22. The molecular weight excluding hydrogens is 286 g/mol. The van der Waals surface area contributed by atoms with E-state index in [4.69, 9.17) is 9.47 Å². The summed E-state index contributed by atoms with van der Waals surface area (Å²) in [5.74, 6) is 0. The molecule has 0 aliphatic heterocycles. The second-order valence-corrected chi connectivity index (χ2v) is 10.4. The minimum absolute atomic E-state index is 0.216. The van der Waals surface area contributed by atoms with Crippen molar-refractivity contribution in [3.8, 4) is 0 Å². The molecule has 0 N–H and O–H groups in total.